The minimum absolute atomic E-state index is 0. The van der Waals surface area contributed by atoms with Crippen LogP contribution in [-0.4, -0.2) is 4.57 Å². The van der Waals surface area contributed by atoms with Crippen LogP contribution in [0.1, 0.15) is 0 Å². The van der Waals surface area contributed by atoms with Crippen LogP contribution in [0.5, 0.6) is 0 Å². The zero-order valence-electron chi connectivity index (χ0n) is 13.1. The van der Waals surface area contributed by atoms with Crippen molar-refractivity contribution in [1.82, 2.24) is 4.57 Å². The SMILES string of the molecule is C[n+]1[c-]n(-c2[c-]cccc2)c2ccccc2oc2ccccc21.[Ir]. The predicted molar refractivity (Wildman–Crippen MR) is 89.5 cm³/mol. The van der Waals surface area contributed by atoms with E-state index in [2.05, 4.69) is 12.4 Å². The van der Waals surface area contributed by atoms with Crippen LogP contribution in [0.4, 0.5) is 0 Å². The normalized spacial score (nSPS) is 10.4. The third kappa shape index (κ3) is 2.99. The summed E-state index contributed by atoms with van der Waals surface area (Å²) in [4.78, 5) is 0. The van der Waals surface area contributed by atoms with Gasteiger partial charge in [0.05, 0.1) is 18.1 Å². The Morgan fingerprint density at radius 1 is 0.875 bits per heavy atom. The molecule has 0 fully saturated rings. The first-order chi connectivity index (χ1) is 11.3. The summed E-state index contributed by atoms with van der Waals surface area (Å²) in [5.74, 6) is 0. The van der Waals surface area contributed by atoms with Gasteiger partial charge in [0.25, 0.3) is 0 Å². The number of hydrogen-bond acceptors (Lipinski definition) is 1. The molecule has 0 saturated carbocycles. The van der Waals surface area contributed by atoms with Crippen molar-refractivity contribution in [1.29, 1.82) is 0 Å². The van der Waals surface area contributed by atoms with Crippen molar-refractivity contribution in [3.05, 3.63) is 85.2 Å². The molecule has 0 spiro atoms. The fraction of sp³-hybridized carbons (Fsp3) is 0.0500. The first-order valence-corrected chi connectivity index (χ1v) is 7.46. The molecule has 4 rings (SSSR count). The van der Waals surface area contributed by atoms with E-state index in [0.717, 1.165) is 27.9 Å². The van der Waals surface area contributed by atoms with Crippen molar-refractivity contribution in [3.63, 3.8) is 0 Å². The maximum Gasteiger partial charge on any atom is 0.243 e. The van der Waals surface area contributed by atoms with Gasteiger partial charge in [0.1, 0.15) is 11.2 Å². The summed E-state index contributed by atoms with van der Waals surface area (Å²) in [5.41, 5.74) is 4.40. The first kappa shape index (κ1) is 16.4. The zero-order valence-corrected chi connectivity index (χ0v) is 15.5. The maximum absolute atomic E-state index is 6.17. The van der Waals surface area contributed by atoms with Crippen molar-refractivity contribution in [2.75, 3.05) is 0 Å². The first-order valence-electron chi connectivity index (χ1n) is 7.46. The van der Waals surface area contributed by atoms with Gasteiger partial charge in [0, 0.05) is 20.1 Å². The van der Waals surface area contributed by atoms with Crippen LogP contribution in [0.2, 0.25) is 0 Å². The van der Waals surface area contributed by atoms with E-state index in [4.69, 9.17) is 4.42 Å². The molecule has 3 nitrogen and oxygen atoms in total. The third-order valence-electron chi connectivity index (χ3n) is 3.74. The number of rotatable bonds is 1. The smallest absolute Gasteiger partial charge is 0.243 e. The summed E-state index contributed by atoms with van der Waals surface area (Å²) >= 11 is 0. The van der Waals surface area contributed by atoms with Gasteiger partial charge in [-0.15, -0.1) is 0 Å². The number of fused-ring (bicyclic) bond motifs is 2. The molecule has 0 bridgehead atoms. The van der Waals surface area contributed by atoms with Gasteiger partial charge in [-0.1, -0.05) is 42.1 Å². The van der Waals surface area contributed by atoms with Crippen molar-refractivity contribution in [2.24, 2.45) is 7.05 Å². The Hall–Kier alpha value is -2.42. The molecule has 0 N–H and O–H groups in total. The molecule has 4 heteroatoms. The minimum atomic E-state index is 0. The van der Waals surface area contributed by atoms with Crippen LogP contribution >= 0.6 is 0 Å². The quantitative estimate of drug-likeness (QED) is 0.292. The van der Waals surface area contributed by atoms with Crippen molar-refractivity contribution in [2.45, 2.75) is 0 Å². The summed E-state index contributed by atoms with van der Waals surface area (Å²) in [6, 6.07) is 27.0. The average Bonchev–Trinajstić information content (AvgIpc) is 2.60. The molecule has 1 aromatic heterocycles. The molecule has 0 atom stereocenters. The summed E-state index contributed by atoms with van der Waals surface area (Å²) in [6.07, 6.45) is 3.40. The number of nitrogens with zero attached hydrogens (tertiary/aromatic N) is 2. The summed E-state index contributed by atoms with van der Waals surface area (Å²) in [6.45, 7) is 0. The summed E-state index contributed by atoms with van der Waals surface area (Å²) < 4.78 is 10.1. The van der Waals surface area contributed by atoms with Crippen molar-refractivity contribution in [3.8, 4) is 5.69 Å². The molecule has 0 aliphatic heterocycles. The van der Waals surface area contributed by atoms with E-state index in [9.17, 15) is 0 Å². The second-order valence-electron chi connectivity index (χ2n) is 5.28. The van der Waals surface area contributed by atoms with Gasteiger partial charge in [-0.2, -0.15) is 30.3 Å². The van der Waals surface area contributed by atoms with Crippen LogP contribution < -0.4 is 4.57 Å². The van der Waals surface area contributed by atoms with E-state index in [1.54, 1.807) is 0 Å². The van der Waals surface area contributed by atoms with Crippen molar-refractivity contribution >= 4 is 22.2 Å². The molecule has 121 valence electrons. The van der Waals surface area contributed by atoms with Gasteiger partial charge in [0.15, 0.2) is 0 Å². The third-order valence-corrected chi connectivity index (χ3v) is 3.74. The Labute approximate surface area is 153 Å². The Balaban J connectivity index is 0.00000169. The molecular formula is C20H15IrN2O-. The van der Waals surface area contributed by atoms with Gasteiger partial charge in [0.2, 0.25) is 6.33 Å². The molecular weight excluding hydrogens is 476 g/mol. The topological polar surface area (TPSA) is 21.9 Å². The average molecular weight is 492 g/mol. The zero-order chi connectivity index (χ0) is 15.6. The van der Waals surface area contributed by atoms with Gasteiger partial charge >= 0.3 is 0 Å². The molecule has 1 radical (unpaired) electrons. The number of hydrogen-bond donors (Lipinski definition) is 0. The van der Waals surface area contributed by atoms with E-state index >= 15 is 0 Å². The van der Waals surface area contributed by atoms with Gasteiger partial charge in [-0.05, 0) is 12.1 Å². The van der Waals surface area contributed by atoms with E-state index in [1.165, 1.54) is 0 Å². The molecule has 0 aliphatic carbocycles. The second kappa shape index (κ2) is 7.00. The van der Waals surface area contributed by atoms with Crippen LogP contribution in [0.25, 0.3) is 27.9 Å². The van der Waals surface area contributed by atoms with E-state index < -0.39 is 0 Å². The predicted octanol–water partition coefficient (Wildman–Crippen LogP) is 3.92. The van der Waals surface area contributed by atoms with Gasteiger partial charge in [-0.3, -0.25) is 0 Å². The van der Waals surface area contributed by atoms with E-state index in [1.807, 2.05) is 89.0 Å². The number of aromatic nitrogens is 2. The van der Waals surface area contributed by atoms with Crippen molar-refractivity contribution < 1.29 is 29.1 Å². The molecule has 0 unspecified atom stereocenters. The maximum atomic E-state index is 6.17. The Bertz CT molecular complexity index is 1030. The van der Waals surface area contributed by atoms with Crippen LogP contribution in [-0.2, 0) is 27.2 Å². The fourth-order valence-corrected chi connectivity index (χ4v) is 2.63. The van der Waals surface area contributed by atoms with Crippen LogP contribution in [0.3, 0.4) is 0 Å². The monoisotopic (exact) mass is 492 g/mol. The molecule has 0 aliphatic rings. The summed E-state index contributed by atoms with van der Waals surface area (Å²) in [5, 5.41) is 0. The number of benzene rings is 3. The number of para-hydroxylation sites is 5. The Morgan fingerprint density at radius 3 is 2.38 bits per heavy atom. The van der Waals surface area contributed by atoms with E-state index in [0.29, 0.717) is 0 Å². The van der Waals surface area contributed by atoms with Crippen LogP contribution in [0.15, 0.2) is 77.2 Å². The Kier molecular flexibility index (Phi) is 4.79. The minimum Gasteiger partial charge on any atom is -0.468 e. The summed E-state index contributed by atoms with van der Waals surface area (Å²) in [7, 11) is 1.96. The van der Waals surface area contributed by atoms with Crippen LogP contribution in [0, 0.1) is 12.4 Å². The number of aryl methyl sites for hydroxylation is 1. The van der Waals surface area contributed by atoms with Gasteiger partial charge < -0.3 is 13.6 Å². The molecule has 4 aromatic rings. The largest absolute Gasteiger partial charge is 0.468 e. The molecule has 0 saturated heterocycles. The fourth-order valence-electron chi connectivity index (χ4n) is 2.63. The molecule has 1 heterocycles. The van der Waals surface area contributed by atoms with E-state index in [-0.39, 0.29) is 20.1 Å². The molecule has 3 aromatic carbocycles. The molecule has 24 heavy (non-hydrogen) atoms. The Morgan fingerprint density at radius 2 is 1.58 bits per heavy atom. The standard InChI is InChI=1S/C20H15N2O.Ir/c1-21-15-22(16-9-3-2-4-10-16)18-12-6-8-14-20(18)23-19-13-7-5-11-17(19)21;/h2-9,11-14H,1H3;/q-1;. The molecule has 0 amide bonds. The second-order valence-corrected chi connectivity index (χ2v) is 5.28. The van der Waals surface area contributed by atoms with Gasteiger partial charge in [-0.25, -0.2) is 0 Å².